The Morgan fingerprint density at radius 1 is 1.19 bits per heavy atom. The third-order valence-corrected chi connectivity index (χ3v) is 1.60. The number of hydrogen-bond donors (Lipinski definition) is 2. The van der Waals surface area contributed by atoms with E-state index in [1.807, 2.05) is 0 Å². The number of anilines is 1. The molecule has 0 aromatic carbocycles. The van der Waals surface area contributed by atoms with Gasteiger partial charge in [-0.25, -0.2) is 4.98 Å². The molecule has 86 valence electrons. The summed E-state index contributed by atoms with van der Waals surface area (Å²) in [7, 11) is 0. The lowest BCUT2D eigenvalue weighted by molar-refractivity contribution is -0.137. The Labute approximate surface area is 94.3 Å². The van der Waals surface area contributed by atoms with Crippen LogP contribution in [0.15, 0.2) is 24.4 Å². The van der Waals surface area contributed by atoms with E-state index in [2.05, 4.69) is 15.6 Å². The third-order valence-electron chi connectivity index (χ3n) is 1.60. The van der Waals surface area contributed by atoms with E-state index in [-0.39, 0.29) is 0 Å². The molecule has 0 aliphatic carbocycles. The molecule has 0 saturated carbocycles. The summed E-state index contributed by atoms with van der Waals surface area (Å²) < 4.78 is 0. The maximum atomic E-state index is 11.4. The lowest BCUT2D eigenvalue weighted by Crippen LogP contribution is -2.46. The number of amides is 2. The number of carbonyl (C=O) groups is 2. The molecule has 5 nitrogen and oxygen atoms in total. The summed E-state index contributed by atoms with van der Waals surface area (Å²) in [6, 6.07) is 5.07. The van der Waals surface area contributed by atoms with Gasteiger partial charge in [0.05, 0.1) is 0 Å². The lowest BCUT2D eigenvalue weighted by Gasteiger charge is -2.19. The number of aromatic nitrogens is 1. The standard InChI is InChI=1S/C11H15N3O2/c1-11(2,3)14-10(16)9(15)13-8-6-4-5-7-12-8/h4-7H,1-3H3,(H,14,16)(H,12,13,15). The van der Waals surface area contributed by atoms with E-state index in [1.165, 1.54) is 6.20 Å². The molecule has 2 N–H and O–H groups in total. The minimum Gasteiger partial charge on any atom is -0.343 e. The van der Waals surface area contributed by atoms with Crippen LogP contribution in [0.3, 0.4) is 0 Å². The van der Waals surface area contributed by atoms with Gasteiger partial charge in [-0.05, 0) is 32.9 Å². The summed E-state index contributed by atoms with van der Waals surface area (Å²) in [5, 5.41) is 4.96. The first-order valence-corrected chi connectivity index (χ1v) is 4.93. The fourth-order valence-corrected chi connectivity index (χ4v) is 1.01. The van der Waals surface area contributed by atoms with E-state index >= 15 is 0 Å². The molecule has 0 fully saturated rings. The summed E-state index contributed by atoms with van der Waals surface area (Å²) in [6.07, 6.45) is 1.54. The largest absolute Gasteiger partial charge is 0.343 e. The zero-order chi connectivity index (χ0) is 12.2. The van der Waals surface area contributed by atoms with Crippen LogP contribution in [0.4, 0.5) is 5.82 Å². The highest BCUT2D eigenvalue weighted by Gasteiger charge is 2.20. The Bertz CT molecular complexity index is 382. The van der Waals surface area contributed by atoms with Gasteiger partial charge < -0.3 is 10.6 Å². The first-order valence-electron chi connectivity index (χ1n) is 4.93. The van der Waals surface area contributed by atoms with Gasteiger partial charge in [-0.2, -0.15) is 0 Å². The van der Waals surface area contributed by atoms with Crippen molar-refractivity contribution in [3.05, 3.63) is 24.4 Å². The second-order valence-electron chi connectivity index (χ2n) is 4.37. The molecule has 0 aliphatic heterocycles. The molecule has 0 aliphatic rings. The maximum absolute atomic E-state index is 11.4. The molecule has 5 heteroatoms. The van der Waals surface area contributed by atoms with Crippen LogP contribution < -0.4 is 10.6 Å². The highest BCUT2D eigenvalue weighted by atomic mass is 16.2. The molecule has 1 aromatic rings. The summed E-state index contributed by atoms with van der Waals surface area (Å²) in [5.41, 5.74) is -0.432. The average molecular weight is 221 g/mol. The summed E-state index contributed by atoms with van der Waals surface area (Å²) in [5.74, 6) is -1.02. The van der Waals surface area contributed by atoms with Crippen molar-refractivity contribution in [3.8, 4) is 0 Å². The van der Waals surface area contributed by atoms with Crippen LogP contribution >= 0.6 is 0 Å². The summed E-state index contributed by atoms with van der Waals surface area (Å²) in [6.45, 7) is 5.41. The van der Waals surface area contributed by atoms with Gasteiger partial charge in [-0.15, -0.1) is 0 Å². The van der Waals surface area contributed by atoms with Gasteiger partial charge >= 0.3 is 11.8 Å². The zero-order valence-corrected chi connectivity index (χ0v) is 9.57. The predicted octanol–water partition coefficient (Wildman–Crippen LogP) is 0.935. The second kappa shape index (κ2) is 4.74. The molecule has 0 bridgehead atoms. The highest BCUT2D eigenvalue weighted by Crippen LogP contribution is 2.01. The van der Waals surface area contributed by atoms with Crippen LogP contribution in [0.5, 0.6) is 0 Å². The second-order valence-corrected chi connectivity index (χ2v) is 4.37. The molecule has 1 heterocycles. The van der Waals surface area contributed by atoms with Crippen LogP contribution in [-0.2, 0) is 9.59 Å². The van der Waals surface area contributed by atoms with E-state index in [1.54, 1.807) is 39.0 Å². The quantitative estimate of drug-likeness (QED) is 0.693. The third kappa shape index (κ3) is 4.08. The molecule has 0 spiro atoms. The van der Waals surface area contributed by atoms with Crippen molar-refractivity contribution in [3.63, 3.8) is 0 Å². The molecule has 0 unspecified atom stereocenters. The van der Waals surface area contributed by atoms with Crippen molar-refractivity contribution in [1.82, 2.24) is 10.3 Å². The normalized spacial score (nSPS) is 10.7. The smallest absolute Gasteiger partial charge is 0.314 e. The van der Waals surface area contributed by atoms with E-state index in [9.17, 15) is 9.59 Å². The number of pyridine rings is 1. The predicted molar refractivity (Wildman–Crippen MR) is 60.8 cm³/mol. The number of rotatable bonds is 1. The first kappa shape index (κ1) is 12.2. The number of carbonyl (C=O) groups excluding carboxylic acids is 2. The minimum absolute atomic E-state index is 0.358. The molecular formula is C11H15N3O2. The van der Waals surface area contributed by atoms with E-state index < -0.39 is 17.4 Å². The fraction of sp³-hybridized carbons (Fsp3) is 0.364. The van der Waals surface area contributed by atoms with Gasteiger partial charge in [0.25, 0.3) is 0 Å². The molecule has 0 atom stereocenters. The maximum Gasteiger partial charge on any atom is 0.314 e. The number of hydrogen-bond acceptors (Lipinski definition) is 3. The minimum atomic E-state index is -0.714. The van der Waals surface area contributed by atoms with E-state index in [0.29, 0.717) is 5.82 Å². The number of nitrogens with zero attached hydrogens (tertiary/aromatic N) is 1. The molecule has 1 aromatic heterocycles. The SMILES string of the molecule is CC(C)(C)NC(=O)C(=O)Nc1ccccn1. The van der Waals surface area contributed by atoms with Crippen LogP contribution in [0.25, 0.3) is 0 Å². The topological polar surface area (TPSA) is 71.1 Å². The molecule has 0 saturated heterocycles. The monoisotopic (exact) mass is 221 g/mol. The highest BCUT2D eigenvalue weighted by molar-refractivity contribution is 6.39. The van der Waals surface area contributed by atoms with Gasteiger partial charge in [0.15, 0.2) is 0 Å². The summed E-state index contributed by atoms with van der Waals surface area (Å²) in [4.78, 5) is 26.7. The van der Waals surface area contributed by atoms with Gasteiger partial charge in [0.1, 0.15) is 5.82 Å². The van der Waals surface area contributed by atoms with Crippen molar-refractivity contribution < 1.29 is 9.59 Å². The Morgan fingerprint density at radius 2 is 1.88 bits per heavy atom. The van der Waals surface area contributed by atoms with E-state index in [4.69, 9.17) is 0 Å². The Hall–Kier alpha value is -1.91. The van der Waals surface area contributed by atoms with Crippen molar-refractivity contribution in [1.29, 1.82) is 0 Å². The van der Waals surface area contributed by atoms with Crippen LogP contribution in [0, 0.1) is 0 Å². The zero-order valence-electron chi connectivity index (χ0n) is 9.57. The Morgan fingerprint density at radius 3 is 2.38 bits per heavy atom. The van der Waals surface area contributed by atoms with Gasteiger partial charge in [0, 0.05) is 11.7 Å². The lowest BCUT2D eigenvalue weighted by atomic mass is 10.1. The Balaban J connectivity index is 2.57. The van der Waals surface area contributed by atoms with Crippen LogP contribution in [0.1, 0.15) is 20.8 Å². The van der Waals surface area contributed by atoms with Crippen molar-refractivity contribution >= 4 is 17.6 Å². The molecule has 16 heavy (non-hydrogen) atoms. The van der Waals surface area contributed by atoms with Crippen LogP contribution in [-0.4, -0.2) is 22.3 Å². The van der Waals surface area contributed by atoms with Crippen molar-refractivity contribution in [2.24, 2.45) is 0 Å². The van der Waals surface area contributed by atoms with Crippen LogP contribution in [0.2, 0.25) is 0 Å². The average Bonchev–Trinajstić information content (AvgIpc) is 2.16. The van der Waals surface area contributed by atoms with E-state index in [0.717, 1.165) is 0 Å². The molecule has 2 amide bonds. The molecular weight excluding hydrogens is 206 g/mol. The van der Waals surface area contributed by atoms with Gasteiger partial charge in [0.2, 0.25) is 0 Å². The first-order chi connectivity index (χ1) is 7.38. The fourth-order valence-electron chi connectivity index (χ4n) is 1.01. The Kier molecular flexibility index (Phi) is 3.60. The van der Waals surface area contributed by atoms with Crippen molar-refractivity contribution in [2.45, 2.75) is 26.3 Å². The van der Waals surface area contributed by atoms with Crippen molar-refractivity contribution in [2.75, 3.05) is 5.32 Å². The number of nitrogens with one attached hydrogen (secondary N) is 2. The molecule has 0 radical (unpaired) electrons. The molecule has 1 rings (SSSR count). The van der Waals surface area contributed by atoms with Gasteiger partial charge in [-0.3, -0.25) is 9.59 Å². The van der Waals surface area contributed by atoms with Gasteiger partial charge in [-0.1, -0.05) is 6.07 Å². The summed E-state index contributed by atoms with van der Waals surface area (Å²) >= 11 is 0.